The van der Waals surface area contributed by atoms with E-state index in [-0.39, 0.29) is 23.4 Å². The van der Waals surface area contributed by atoms with Gasteiger partial charge in [-0.1, -0.05) is 12.2 Å². The molecule has 0 aliphatic heterocycles. The van der Waals surface area contributed by atoms with Gasteiger partial charge >= 0.3 is 0 Å². The van der Waals surface area contributed by atoms with E-state index in [1.807, 2.05) is 0 Å². The highest BCUT2D eigenvalue weighted by Crippen LogP contribution is 2.51. The summed E-state index contributed by atoms with van der Waals surface area (Å²) in [4.78, 5) is 23.6. The molecule has 0 aromatic carbocycles. The van der Waals surface area contributed by atoms with Crippen molar-refractivity contribution >= 4 is 11.6 Å². The van der Waals surface area contributed by atoms with Crippen LogP contribution >= 0.6 is 0 Å². The first-order chi connectivity index (χ1) is 6.68. The van der Waals surface area contributed by atoms with Crippen LogP contribution in [0.1, 0.15) is 13.3 Å². The second-order valence-electron chi connectivity index (χ2n) is 4.59. The van der Waals surface area contributed by atoms with Crippen LogP contribution in [-0.2, 0) is 9.59 Å². The Morgan fingerprint density at radius 2 is 1.79 bits per heavy atom. The van der Waals surface area contributed by atoms with Gasteiger partial charge in [0.2, 0.25) is 0 Å². The molecule has 2 nitrogen and oxygen atoms in total. The first-order valence-electron chi connectivity index (χ1n) is 5.13. The third kappa shape index (κ3) is 0.813. The summed E-state index contributed by atoms with van der Waals surface area (Å²) in [6, 6.07) is 0. The molecule has 0 radical (unpaired) electrons. The van der Waals surface area contributed by atoms with Crippen molar-refractivity contribution in [3.8, 4) is 0 Å². The predicted octanol–water partition coefficient (Wildman–Crippen LogP) is 1.52. The molecule has 1 saturated carbocycles. The summed E-state index contributed by atoms with van der Waals surface area (Å²) in [5.74, 6) is 0.995. The van der Waals surface area contributed by atoms with E-state index in [4.69, 9.17) is 0 Å². The molecule has 0 heterocycles. The Balaban J connectivity index is 2.10. The fraction of sp³-hybridized carbons (Fsp3) is 0.500. The van der Waals surface area contributed by atoms with Crippen molar-refractivity contribution in [2.24, 2.45) is 23.7 Å². The number of hydrogen-bond acceptors (Lipinski definition) is 2. The predicted molar refractivity (Wildman–Crippen MR) is 51.5 cm³/mol. The van der Waals surface area contributed by atoms with Gasteiger partial charge < -0.3 is 0 Å². The lowest BCUT2D eigenvalue weighted by molar-refractivity contribution is -0.130. The Morgan fingerprint density at radius 1 is 1.14 bits per heavy atom. The number of allylic oxidation sites excluding steroid dienone is 4. The monoisotopic (exact) mass is 188 g/mol. The zero-order valence-corrected chi connectivity index (χ0v) is 8.07. The summed E-state index contributed by atoms with van der Waals surface area (Å²) < 4.78 is 0. The van der Waals surface area contributed by atoms with Crippen molar-refractivity contribution in [3.63, 3.8) is 0 Å². The third-order valence-electron chi connectivity index (χ3n) is 3.84. The minimum atomic E-state index is -0.0267. The summed E-state index contributed by atoms with van der Waals surface area (Å²) in [6.45, 7) is 1.76. The van der Waals surface area contributed by atoms with Gasteiger partial charge in [0.25, 0.3) is 0 Å². The van der Waals surface area contributed by atoms with Crippen molar-refractivity contribution in [2.45, 2.75) is 13.3 Å². The first kappa shape index (κ1) is 8.16. The highest BCUT2D eigenvalue weighted by atomic mass is 16.1. The molecule has 2 bridgehead atoms. The normalized spacial score (nSPS) is 44.2. The van der Waals surface area contributed by atoms with Gasteiger partial charge in [-0.15, -0.1) is 0 Å². The summed E-state index contributed by atoms with van der Waals surface area (Å²) in [5, 5.41) is 0. The molecule has 2 heteroatoms. The SMILES string of the molecule is CC1=CC(=O)[C@@H]2[C@@H](C1=O)[C@H]1C=C[C@@H]2C1. The molecule has 0 aromatic rings. The van der Waals surface area contributed by atoms with Crippen molar-refractivity contribution in [1.82, 2.24) is 0 Å². The lowest BCUT2D eigenvalue weighted by Gasteiger charge is -2.28. The molecule has 0 N–H and O–H groups in total. The van der Waals surface area contributed by atoms with Gasteiger partial charge in [0.15, 0.2) is 11.6 Å². The number of fused-ring (bicyclic) bond motifs is 5. The summed E-state index contributed by atoms with van der Waals surface area (Å²) >= 11 is 0. The third-order valence-corrected chi connectivity index (χ3v) is 3.84. The van der Waals surface area contributed by atoms with Gasteiger partial charge in [-0.25, -0.2) is 0 Å². The van der Waals surface area contributed by atoms with Gasteiger partial charge in [-0.05, 0) is 36.8 Å². The molecular weight excluding hydrogens is 176 g/mol. The minimum Gasteiger partial charge on any atom is -0.294 e. The van der Waals surface area contributed by atoms with E-state index < -0.39 is 0 Å². The highest BCUT2D eigenvalue weighted by Gasteiger charge is 2.52. The first-order valence-corrected chi connectivity index (χ1v) is 5.13. The van der Waals surface area contributed by atoms with Crippen LogP contribution < -0.4 is 0 Å². The summed E-state index contributed by atoms with van der Waals surface area (Å²) in [7, 11) is 0. The fourth-order valence-corrected chi connectivity index (χ4v) is 3.21. The van der Waals surface area contributed by atoms with Crippen LogP contribution in [0.15, 0.2) is 23.8 Å². The minimum absolute atomic E-state index is 0.0255. The highest BCUT2D eigenvalue weighted by molar-refractivity contribution is 6.11. The molecule has 0 amide bonds. The maximum Gasteiger partial charge on any atom is 0.163 e. The van der Waals surface area contributed by atoms with Gasteiger partial charge in [-0.2, -0.15) is 0 Å². The van der Waals surface area contributed by atoms with E-state index >= 15 is 0 Å². The zero-order chi connectivity index (χ0) is 9.87. The number of rotatable bonds is 0. The Bertz CT molecular complexity index is 389. The van der Waals surface area contributed by atoms with Crippen LogP contribution in [0.2, 0.25) is 0 Å². The van der Waals surface area contributed by atoms with E-state index in [9.17, 15) is 9.59 Å². The van der Waals surface area contributed by atoms with Crippen molar-refractivity contribution in [2.75, 3.05) is 0 Å². The number of Topliss-reactive ketones (excluding diaryl/α,β-unsaturated/α-hetero) is 1. The zero-order valence-electron chi connectivity index (χ0n) is 8.07. The van der Waals surface area contributed by atoms with Crippen molar-refractivity contribution in [3.05, 3.63) is 23.8 Å². The molecule has 3 rings (SSSR count). The Hall–Kier alpha value is -1.18. The molecule has 14 heavy (non-hydrogen) atoms. The van der Waals surface area contributed by atoms with Crippen LogP contribution in [0.3, 0.4) is 0 Å². The van der Waals surface area contributed by atoms with Gasteiger partial charge in [0.05, 0.1) is 0 Å². The molecule has 0 unspecified atom stereocenters. The lowest BCUT2D eigenvalue weighted by Crippen LogP contribution is -2.36. The van der Waals surface area contributed by atoms with Crippen LogP contribution in [-0.4, -0.2) is 11.6 Å². The molecule has 3 aliphatic carbocycles. The van der Waals surface area contributed by atoms with E-state index in [1.165, 1.54) is 6.08 Å². The second-order valence-corrected chi connectivity index (χ2v) is 4.59. The molecule has 0 saturated heterocycles. The molecule has 0 aromatic heterocycles. The Morgan fingerprint density at radius 3 is 2.50 bits per heavy atom. The molecule has 72 valence electrons. The molecule has 0 spiro atoms. The lowest BCUT2D eigenvalue weighted by atomic mass is 9.72. The molecule has 1 fully saturated rings. The van der Waals surface area contributed by atoms with Crippen molar-refractivity contribution in [1.29, 1.82) is 0 Å². The molecule has 4 atom stereocenters. The van der Waals surface area contributed by atoms with Crippen LogP contribution in [0.4, 0.5) is 0 Å². The van der Waals surface area contributed by atoms with Crippen molar-refractivity contribution < 1.29 is 9.59 Å². The standard InChI is InChI=1S/C12H12O2/c1-6-4-9(13)10-7-2-3-8(5-7)11(10)12(6)14/h2-4,7-8,10-11H,5H2,1H3/t7-,8+,10-,11+/m1/s1. The average molecular weight is 188 g/mol. The number of carbonyl (C=O) groups is 2. The van der Waals surface area contributed by atoms with E-state index in [2.05, 4.69) is 12.2 Å². The molecule has 3 aliphatic rings. The summed E-state index contributed by atoms with van der Waals surface area (Å²) in [6.07, 6.45) is 6.78. The average Bonchev–Trinajstić information content (AvgIpc) is 2.73. The Labute approximate surface area is 82.7 Å². The van der Waals surface area contributed by atoms with Gasteiger partial charge in [0, 0.05) is 11.8 Å². The van der Waals surface area contributed by atoms with Gasteiger partial charge in [-0.3, -0.25) is 9.59 Å². The maximum absolute atomic E-state index is 11.9. The van der Waals surface area contributed by atoms with Crippen LogP contribution in [0.5, 0.6) is 0 Å². The number of hydrogen-bond donors (Lipinski definition) is 0. The smallest absolute Gasteiger partial charge is 0.163 e. The number of ketones is 2. The fourth-order valence-electron chi connectivity index (χ4n) is 3.21. The van der Waals surface area contributed by atoms with E-state index in [0.717, 1.165) is 6.42 Å². The topological polar surface area (TPSA) is 34.1 Å². The van der Waals surface area contributed by atoms with Gasteiger partial charge in [0.1, 0.15) is 0 Å². The van der Waals surface area contributed by atoms with Crippen LogP contribution in [0, 0.1) is 23.7 Å². The number of carbonyl (C=O) groups excluding carboxylic acids is 2. The maximum atomic E-state index is 11.9. The van der Waals surface area contributed by atoms with E-state index in [0.29, 0.717) is 17.4 Å². The largest absolute Gasteiger partial charge is 0.294 e. The molecular formula is C12H12O2. The van der Waals surface area contributed by atoms with Crippen LogP contribution in [0.25, 0.3) is 0 Å². The van der Waals surface area contributed by atoms with E-state index in [1.54, 1.807) is 6.92 Å². The summed E-state index contributed by atoms with van der Waals surface area (Å²) in [5.41, 5.74) is 0.650. The quantitative estimate of drug-likeness (QED) is 0.540. The Kier molecular flexibility index (Phi) is 1.42. The second kappa shape index (κ2) is 2.44.